The van der Waals surface area contributed by atoms with E-state index in [1.54, 1.807) is 6.20 Å². The van der Waals surface area contributed by atoms with Gasteiger partial charge in [0, 0.05) is 18.1 Å². The maximum Gasteiger partial charge on any atom is 0.233 e. The summed E-state index contributed by atoms with van der Waals surface area (Å²) in [5.41, 5.74) is 6.84. The van der Waals surface area contributed by atoms with Crippen LogP contribution in [0, 0.1) is 5.41 Å². The van der Waals surface area contributed by atoms with Crippen LogP contribution in [-0.2, 0) is 4.79 Å². The fourth-order valence-corrected chi connectivity index (χ4v) is 2.84. The number of carbonyl (C=O) groups is 1. The van der Waals surface area contributed by atoms with Gasteiger partial charge in [0.2, 0.25) is 5.91 Å². The third kappa shape index (κ3) is 4.88. The number of rotatable bonds is 6. The Labute approximate surface area is 152 Å². The molecule has 0 aromatic carbocycles. The Hall–Kier alpha value is -1.21. The zero-order valence-corrected chi connectivity index (χ0v) is 15.6. The van der Waals surface area contributed by atoms with Gasteiger partial charge >= 0.3 is 0 Å². The number of hydrogen-bond acceptors (Lipinski definition) is 5. The van der Waals surface area contributed by atoms with Crippen LogP contribution < -0.4 is 11.1 Å². The predicted molar refractivity (Wildman–Crippen MR) is 101 cm³/mol. The summed E-state index contributed by atoms with van der Waals surface area (Å²) >= 11 is 1.40. The maximum absolute atomic E-state index is 12.4. The topological polar surface area (TPSA) is 80.9 Å². The fraction of sp³-hybridized carbons (Fsp3) is 0.400. The molecule has 0 aliphatic carbocycles. The SMILES string of the molecule is CCC(CC)(CN)C(=O)Nc1nc(-c2ccccn2)cs1.Cl.Cl. The number of thiazole rings is 1. The number of nitrogens with two attached hydrogens (primary N) is 1. The van der Waals surface area contributed by atoms with Gasteiger partial charge in [0.25, 0.3) is 0 Å². The molecule has 0 saturated carbocycles. The number of nitrogens with zero attached hydrogens (tertiary/aromatic N) is 2. The predicted octanol–water partition coefficient (Wildman–Crippen LogP) is 3.75. The standard InChI is InChI=1S/C15H20N4OS.2ClH/c1-3-15(4-2,10-16)13(20)19-14-18-12(9-21-14)11-7-5-6-8-17-11;;/h5-9H,3-4,10,16H2,1-2H3,(H,18,19,20);2*1H. The summed E-state index contributed by atoms with van der Waals surface area (Å²) in [4.78, 5) is 21.1. The van der Waals surface area contributed by atoms with Gasteiger partial charge in [-0.3, -0.25) is 9.78 Å². The molecule has 0 bridgehead atoms. The van der Waals surface area contributed by atoms with E-state index < -0.39 is 5.41 Å². The van der Waals surface area contributed by atoms with Crippen molar-refractivity contribution in [3.8, 4) is 11.4 Å². The third-order valence-corrected chi connectivity index (χ3v) is 4.64. The van der Waals surface area contributed by atoms with Crippen molar-refractivity contribution < 1.29 is 4.79 Å². The first-order chi connectivity index (χ1) is 10.1. The van der Waals surface area contributed by atoms with E-state index >= 15 is 0 Å². The molecule has 2 heterocycles. The van der Waals surface area contributed by atoms with E-state index in [1.807, 2.05) is 37.4 Å². The Morgan fingerprint density at radius 1 is 1.26 bits per heavy atom. The van der Waals surface area contributed by atoms with Crippen LogP contribution in [-0.4, -0.2) is 22.4 Å². The van der Waals surface area contributed by atoms with Crippen molar-refractivity contribution in [3.05, 3.63) is 29.8 Å². The van der Waals surface area contributed by atoms with Gasteiger partial charge in [0.15, 0.2) is 5.13 Å². The van der Waals surface area contributed by atoms with Crippen molar-refractivity contribution in [2.45, 2.75) is 26.7 Å². The summed E-state index contributed by atoms with van der Waals surface area (Å²) in [6, 6.07) is 5.66. The zero-order chi connectivity index (χ0) is 15.3. The quantitative estimate of drug-likeness (QED) is 0.803. The lowest BCUT2D eigenvalue weighted by Crippen LogP contribution is -2.41. The minimum absolute atomic E-state index is 0. The molecule has 0 radical (unpaired) electrons. The molecular weight excluding hydrogens is 355 g/mol. The molecule has 128 valence electrons. The Morgan fingerprint density at radius 2 is 1.96 bits per heavy atom. The Kier molecular flexibility index (Phi) is 9.31. The number of pyridine rings is 1. The molecule has 5 nitrogen and oxygen atoms in total. The fourth-order valence-electron chi connectivity index (χ4n) is 2.15. The summed E-state index contributed by atoms with van der Waals surface area (Å²) in [5.74, 6) is -0.0584. The number of nitrogens with one attached hydrogen (secondary N) is 1. The van der Waals surface area contributed by atoms with Gasteiger partial charge in [0.05, 0.1) is 11.1 Å². The number of carbonyl (C=O) groups excluding carboxylic acids is 1. The van der Waals surface area contributed by atoms with Crippen LogP contribution in [0.25, 0.3) is 11.4 Å². The average molecular weight is 377 g/mol. The highest BCUT2D eigenvalue weighted by molar-refractivity contribution is 7.14. The first-order valence-corrected chi connectivity index (χ1v) is 7.91. The highest BCUT2D eigenvalue weighted by atomic mass is 35.5. The average Bonchev–Trinajstić information content (AvgIpc) is 2.99. The molecule has 2 rings (SSSR count). The first kappa shape index (κ1) is 21.8. The molecule has 0 fully saturated rings. The second-order valence-corrected chi connectivity index (χ2v) is 5.76. The third-order valence-electron chi connectivity index (χ3n) is 3.88. The van der Waals surface area contributed by atoms with Crippen molar-refractivity contribution in [1.29, 1.82) is 0 Å². The van der Waals surface area contributed by atoms with E-state index in [1.165, 1.54) is 11.3 Å². The van der Waals surface area contributed by atoms with Gasteiger partial charge in [-0.15, -0.1) is 36.2 Å². The molecule has 1 amide bonds. The van der Waals surface area contributed by atoms with Crippen LogP contribution in [0.1, 0.15) is 26.7 Å². The summed E-state index contributed by atoms with van der Waals surface area (Å²) in [7, 11) is 0. The molecule has 0 aliphatic heterocycles. The summed E-state index contributed by atoms with van der Waals surface area (Å²) in [6.07, 6.45) is 3.15. The number of hydrogen-bond donors (Lipinski definition) is 2. The van der Waals surface area contributed by atoms with Gasteiger partial charge in [-0.1, -0.05) is 19.9 Å². The smallest absolute Gasteiger partial charge is 0.233 e. The second-order valence-electron chi connectivity index (χ2n) is 4.90. The van der Waals surface area contributed by atoms with E-state index in [0.29, 0.717) is 24.5 Å². The van der Waals surface area contributed by atoms with E-state index in [2.05, 4.69) is 15.3 Å². The molecule has 2 aromatic rings. The zero-order valence-electron chi connectivity index (χ0n) is 13.1. The molecule has 0 saturated heterocycles. The molecule has 23 heavy (non-hydrogen) atoms. The number of aromatic nitrogens is 2. The van der Waals surface area contributed by atoms with Crippen LogP contribution in [0.2, 0.25) is 0 Å². The van der Waals surface area contributed by atoms with Crippen molar-refractivity contribution in [2.24, 2.45) is 11.1 Å². The monoisotopic (exact) mass is 376 g/mol. The van der Waals surface area contributed by atoms with Gasteiger partial charge in [-0.25, -0.2) is 4.98 Å². The normalized spacial score (nSPS) is 10.4. The Bertz CT molecular complexity index is 594. The van der Waals surface area contributed by atoms with Crippen LogP contribution in [0.15, 0.2) is 29.8 Å². The largest absolute Gasteiger partial charge is 0.329 e. The highest BCUT2D eigenvalue weighted by Crippen LogP contribution is 2.29. The molecule has 0 unspecified atom stereocenters. The summed E-state index contributed by atoms with van der Waals surface area (Å²) in [5, 5.41) is 5.36. The van der Waals surface area contributed by atoms with Crippen molar-refractivity contribution in [1.82, 2.24) is 9.97 Å². The number of halogens is 2. The lowest BCUT2D eigenvalue weighted by atomic mass is 9.81. The van der Waals surface area contributed by atoms with Crippen LogP contribution >= 0.6 is 36.2 Å². The Morgan fingerprint density at radius 3 is 2.48 bits per heavy atom. The second kappa shape index (κ2) is 9.82. The molecule has 3 N–H and O–H groups in total. The van der Waals surface area contributed by atoms with Gasteiger partial charge in [0.1, 0.15) is 5.69 Å². The molecular formula is C15H22Cl2N4OS. The number of amides is 1. The lowest BCUT2D eigenvalue weighted by molar-refractivity contribution is -0.125. The van der Waals surface area contributed by atoms with Crippen molar-refractivity contribution >= 4 is 47.2 Å². The molecule has 0 aliphatic rings. The van der Waals surface area contributed by atoms with Crippen LogP contribution in [0.5, 0.6) is 0 Å². The first-order valence-electron chi connectivity index (χ1n) is 7.03. The van der Waals surface area contributed by atoms with Crippen LogP contribution in [0.3, 0.4) is 0 Å². The van der Waals surface area contributed by atoms with Crippen molar-refractivity contribution in [3.63, 3.8) is 0 Å². The molecule has 0 spiro atoms. The molecule has 8 heteroatoms. The van der Waals surface area contributed by atoms with Crippen LogP contribution in [0.4, 0.5) is 5.13 Å². The summed E-state index contributed by atoms with van der Waals surface area (Å²) in [6.45, 7) is 4.30. The molecule has 0 atom stereocenters. The lowest BCUT2D eigenvalue weighted by Gasteiger charge is -2.27. The molecule has 2 aromatic heterocycles. The van der Waals surface area contributed by atoms with Gasteiger partial charge in [-0.05, 0) is 25.0 Å². The maximum atomic E-state index is 12.4. The van der Waals surface area contributed by atoms with E-state index in [4.69, 9.17) is 5.73 Å². The van der Waals surface area contributed by atoms with E-state index in [-0.39, 0.29) is 30.7 Å². The minimum Gasteiger partial charge on any atom is -0.329 e. The minimum atomic E-state index is -0.517. The van der Waals surface area contributed by atoms with Gasteiger partial charge < -0.3 is 11.1 Å². The Balaban J connectivity index is 0.00000242. The van der Waals surface area contributed by atoms with E-state index in [0.717, 1.165) is 11.4 Å². The highest BCUT2D eigenvalue weighted by Gasteiger charge is 2.33. The number of anilines is 1. The van der Waals surface area contributed by atoms with E-state index in [9.17, 15) is 4.79 Å². The summed E-state index contributed by atoms with van der Waals surface area (Å²) < 4.78 is 0. The van der Waals surface area contributed by atoms with Crippen molar-refractivity contribution in [2.75, 3.05) is 11.9 Å². The van der Waals surface area contributed by atoms with Gasteiger partial charge in [-0.2, -0.15) is 0 Å².